The number of rotatable bonds is 3. The molecule has 0 radical (unpaired) electrons. The number of benzene rings is 1. The molecule has 84 valence electrons. The van der Waals surface area contributed by atoms with Gasteiger partial charge in [-0.3, -0.25) is 4.79 Å². The molecular formula is C14H16O2. The number of allylic oxidation sites excluding steroid dienone is 2. The fraction of sp³-hybridized carbons (Fsp3) is 0.357. The summed E-state index contributed by atoms with van der Waals surface area (Å²) in [6.07, 6.45) is 5.76. The highest BCUT2D eigenvalue weighted by atomic mass is 16.5. The van der Waals surface area contributed by atoms with Crippen molar-refractivity contribution in [1.29, 1.82) is 0 Å². The summed E-state index contributed by atoms with van der Waals surface area (Å²) in [5.74, 6) is 1.14. The summed E-state index contributed by atoms with van der Waals surface area (Å²) in [7, 11) is 1.62. The molecule has 2 heteroatoms. The van der Waals surface area contributed by atoms with Crippen LogP contribution in [-0.4, -0.2) is 12.9 Å². The number of Topliss-reactive ketones (excluding diaryl/α,β-unsaturated/α-hetero) is 1. The SMILES string of the molecule is CC=CCC1Cc2ccc(OC)cc2C1=O. The van der Waals surface area contributed by atoms with Crippen LogP contribution in [0.1, 0.15) is 29.3 Å². The van der Waals surface area contributed by atoms with E-state index in [1.807, 2.05) is 31.2 Å². The maximum atomic E-state index is 12.1. The van der Waals surface area contributed by atoms with E-state index in [1.165, 1.54) is 0 Å². The standard InChI is InChI=1S/C14H16O2/c1-3-4-5-11-8-10-6-7-12(16-2)9-13(10)14(11)15/h3-4,6-7,9,11H,5,8H2,1-2H3. The summed E-state index contributed by atoms with van der Waals surface area (Å²) in [4.78, 5) is 12.1. The van der Waals surface area contributed by atoms with E-state index in [0.717, 1.165) is 29.7 Å². The van der Waals surface area contributed by atoms with Gasteiger partial charge in [0.05, 0.1) is 7.11 Å². The summed E-state index contributed by atoms with van der Waals surface area (Å²) in [5, 5.41) is 0. The Morgan fingerprint density at radius 2 is 2.31 bits per heavy atom. The van der Waals surface area contributed by atoms with Gasteiger partial charge >= 0.3 is 0 Å². The van der Waals surface area contributed by atoms with E-state index in [9.17, 15) is 4.79 Å². The zero-order valence-corrected chi connectivity index (χ0v) is 9.69. The van der Waals surface area contributed by atoms with E-state index in [-0.39, 0.29) is 11.7 Å². The largest absolute Gasteiger partial charge is 0.497 e. The summed E-state index contributed by atoms with van der Waals surface area (Å²) in [6.45, 7) is 1.98. The van der Waals surface area contributed by atoms with Crippen molar-refractivity contribution in [3.63, 3.8) is 0 Å². The number of carbonyl (C=O) groups excluding carboxylic acids is 1. The molecule has 2 rings (SSSR count). The Kier molecular flexibility index (Phi) is 3.09. The fourth-order valence-corrected chi connectivity index (χ4v) is 2.16. The lowest BCUT2D eigenvalue weighted by Gasteiger charge is -2.02. The van der Waals surface area contributed by atoms with Crippen LogP contribution in [0.4, 0.5) is 0 Å². The maximum Gasteiger partial charge on any atom is 0.166 e. The van der Waals surface area contributed by atoms with Gasteiger partial charge in [0.1, 0.15) is 5.75 Å². The Hall–Kier alpha value is -1.57. The van der Waals surface area contributed by atoms with E-state index < -0.39 is 0 Å². The predicted octanol–water partition coefficient (Wildman–Crippen LogP) is 3.02. The smallest absolute Gasteiger partial charge is 0.166 e. The van der Waals surface area contributed by atoms with Gasteiger partial charge in [-0.25, -0.2) is 0 Å². The third-order valence-electron chi connectivity index (χ3n) is 3.08. The zero-order chi connectivity index (χ0) is 11.5. The molecule has 1 atom stereocenters. The molecule has 0 spiro atoms. The molecule has 0 saturated carbocycles. The predicted molar refractivity (Wildman–Crippen MR) is 63.9 cm³/mol. The average molecular weight is 216 g/mol. The third-order valence-corrected chi connectivity index (χ3v) is 3.08. The second kappa shape index (κ2) is 4.52. The van der Waals surface area contributed by atoms with Crippen LogP contribution < -0.4 is 4.74 Å². The van der Waals surface area contributed by atoms with Crippen LogP contribution in [0.25, 0.3) is 0 Å². The van der Waals surface area contributed by atoms with E-state index in [1.54, 1.807) is 7.11 Å². The first-order valence-corrected chi connectivity index (χ1v) is 5.58. The molecule has 0 fully saturated rings. The quantitative estimate of drug-likeness (QED) is 0.726. The van der Waals surface area contributed by atoms with Crippen LogP contribution in [-0.2, 0) is 6.42 Å². The minimum absolute atomic E-state index is 0.123. The van der Waals surface area contributed by atoms with Crippen molar-refractivity contribution in [2.75, 3.05) is 7.11 Å². The van der Waals surface area contributed by atoms with Gasteiger partial charge in [-0.05, 0) is 37.5 Å². The molecule has 1 aliphatic carbocycles. The van der Waals surface area contributed by atoms with Crippen molar-refractivity contribution in [2.24, 2.45) is 5.92 Å². The number of ketones is 1. The molecule has 0 bridgehead atoms. The van der Waals surface area contributed by atoms with Crippen molar-refractivity contribution in [2.45, 2.75) is 19.8 Å². The monoisotopic (exact) mass is 216 g/mol. The Morgan fingerprint density at radius 1 is 1.50 bits per heavy atom. The lowest BCUT2D eigenvalue weighted by Crippen LogP contribution is -2.07. The summed E-state index contributed by atoms with van der Waals surface area (Å²) >= 11 is 0. The molecule has 0 heterocycles. The van der Waals surface area contributed by atoms with Gasteiger partial charge in [-0.1, -0.05) is 18.2 Å². The van der Waals surface area contributed by atoms with Gasteiger partial charge < -0.3 is 4.74 Å². The van der Waals surface area contributed by atoms with E-state index >= 15 is 0 Å². The molecule has 1 aromatic carbocycles. The molecule has 1 aliphatic rings. The van der Waals surface area contributed by atoms with Gasteiger partial charge in [-0.2, -0.15) is 0 Å². The van der Waals surface area contributed by atoms with Crippen molar-refractivity contribution >= 4 is 5.78 Å². The molecule has 2 nitrogen and oxygen atoms in total. The van der Waals surface area contributed by atoms with Gasteiger partial charge in [0.15, 0.2) is 5.78 Å². The Labute approximate surface area is 95.9 Å². The number of ether oxygens (including phenoxy) is 1. The van der Waals surface area contributed by atoms with Gasteiger partial charge in [0.25, 0.3) is 0 Å². The lowest BCUT2D eigenvalue weighted by molar-refractivity contribution is 0.0937. The molecule has 0 aromatic heterocycles. The highest BCUT2D eigenvalue weighted by Crippen LogP contribution is 2.31. The van der Waals surface area contributed by atoms with E-state index in [4.69, 9.17) is 4.74 Å². The molecule has 0 aliphatic heterocycles. The Bertz CT molecular complexity index is 432. The average Bonchev–Trinajstić information content (AvgIpc) is 2.63. The molecule has 0 N–H and O–H groups in total. The van der Waals surface area contributed by atoms with Crippen LogP contribution >= 0.6 is 0 Å². The van der Waals surface area contributed by atoms with E-state index in [2.05, 4.69) is 6.08 Å². The van der Waals surface area contributed by atoms with Crippen LogP contribution in [0, 0.1) is 5.92 Å². The molecular weight excluding hydrogens is 200 g/mol. The summed E-state index contributed by atoms with van der Waals surface area (Å²) in [5.41, 5.74) is 1.99. The highest BCUT2D eigenvalue weighted by molar-refractivity contribution is 6.02. The summed E-state index contributed by atoms with van der Waals surface area (Å²) < 4.78 is 5.14. The second-order valence-corrected chi connectivity index (χ2v) is 4.09. The molecule has 1 aromatic rings. The third kappa shape index (κ3) is 1.87. The lowest BCUT2D eigenvalue weighted by atomic mass is 10.0. The van der Waals surface area contributed by atoms with Crippen LogP contribution in [0.5, 0.6) is 5.75 Å². The number of fused-ring (bicyclic) bond motifs is 1. The number of hydrogen-bond donors (Lipinski definition) is 0. The first-order chi connectivity index (χ1) is 7.76. The van der Waals surface area contributed by atoms with Crippen LogP contribution in [0.15, 0.2) is 30.4 Å². The first kappa shape index (κ1) is 10.9. The number of methoxy groups -OCH3 is 1. The fourth-order valence-electron chi connectivity index (χ4n) is 2.16. The van der Waals surface area contributed by atoms with Gasteiger partial charge in [0.2, 0.25) is 0 Å². The normalized spacial score (nSPS) is 19.1. The molecule has 0 amide bonds. The van der Waals surface area contributed by atoms with Gasteiger partial charge in [0, 0.05) is 11.5 Å². The minimum atomic E-state index is 0.123. The topological polar surface area (TPSA) is 26.3 Å². The number of hydrogen-bond acceptors (Lipinski definition) is 2. The molecule has 16 heavy (non-hydrogen) atoms. The molecule has 1 unspecified atom stereocenters. The Balaban J connectivity index is 2.24. The molecule has 0 saturated heterocycles. The number of carbonyl (C=O) groups is 1. The Morgan fingerprint density at radius 3 is 3.00 bits per heavy atom. The van der Waals surface area contributed by atoms with Crippen molar-refractivity contribution in [1.82, 2.24) is 0 Å². The zero-order valence-electron chi connectivity index (χ0n) is 9.69. The van der Waals surface area contributed by atoms with E-state index in [0.29, 0.717) is 0 Å². The summed E-state index contributed by atoms with van der Waals surface area (Å²) in [6, 6.07) is 5.78. The van der Waals surface area contributed by atoms with Crippen LogP contribution in [0.3, 0.4) is 0 Å². The second-order valence-electron chi connectivity index (χ2n) is 4.09. The van der Waals surface area contributed by atoms with Crippen LogP contribution in [0.2, 0.25) is 0 Å². The van der Waals surface area contributed by atoms with Gasteiger partial charge in [-0.15, -0.1) is 0 Å². The minimum Gasteiger partial charge on any atom is -0.497 e. The first-order valence-electron chi connectivity index (χ1n) is 5.58. The van der Waals surface area contributed by atoms with Crippen molar-refractivity contribution in [3.8, 4) is 5.75 Å². The van der Waals surface area contributed by atoms with Crippen molar-refractivity contribution in [3.05, 3.63) is 41.5 Å². The highest BCUT2D eigenvalue weighted by Gasteiger charge is 2.29. The maximum absolute atomic E-state index is 12.1. The van der Waals surface area contributed by atoms with Crippen molar-refractivity contribution < 1.29 is 9.53 Å².